The standard InChI is InChI=1S/C8H13NO/c1-2-5-9-6-3-8(10)4-7-9/h1,8,10H,3-7H2. The van der Waals surface area contributed by atoms with Gasteiger partial charge < -0.3 is 5.11 Å². The minimum Gasteiger partial charge on any atom is -0.393 e. The van der Waals surface area contributed by atoms with Gasteiger partial charge in [0, 0.05) is 13.1 Å². The molecule has 0 aliphatic carbocycles. The van der Waals surface area contributed by atoms with Gasteiger partial charge in [-0.05, 0) is 12.8 Å². The minimum atomic E-state index is -0.0889. The molecule has 1 rings (SSSR count). The van der Waals surface area contributed by atoms with Crippen LogP contribution in [0.1, 0.15) is 12.8 Å². The van der Waals surface area contributed by atoms with Gasteiger partial charge in [-0.2, -0.15) is 0 Å². The molecule has 1 heterocycles. The molecule has 10 heavy (non-hydrogen) atoms. The Morgan fingerprint density at radius 3 is 2.60 bits per heavy atom. The van der Waals surface area contributed by atoms with Gasteiger partial charge >= 0.3 is 0 Å². The normalized spacial score (nSPS) is 22.4. The molecular formula is C8H13NO. The lowest BCUT2D eigenvalue weighted by Crippen LogP contribution is -2.35. The summed E-state index contributed by atoms with van der Waals surface area (Å²) in [6.45, 7) is 2.63. The number of nitrogens with zero attached hydrogens (tertiary/aromatic N) is 1. The third-order valence-corrected chi connectivity index (χ3v) is 1.87. The van der Waals surface area contributed by atoms with Crippen molar-refractivity contribution in [2.75, 3.05) is 19.6 Å². The molecule has 0 bridgehead atoms. The lowest BCUT2D eigenvalue weighted by Gasteiger charge is -2.27. The maximum atomic E-state index is 9.12. The first-order chi connectivity index (χ1) is 4.83. The quantitative estimate of drug-likeness (QED) is 0.520. The highest BCUT2D eigenvalue weighted by Gasteiger charge is 2.14. The van der Waals surface area contributed by atoms with Gasteiger partial charge in [0.2, 0.25) is 0 Å². The molecule has 0 unspecified atom stereocenters. The van der Waals surface area contributed by atoms with Crippen LogP contribution in [0.4, 0.5) is 0 Å². The third-order valence-electron chi connectivity index (χ3n) is 1.87. The molecule has 1 aliphatic rings. The number of aliphatic hydroxyl groups excluding tert-OH is 1. The van der Waals surface area contributed by atoms with E-state index >= 15 is 0 Å². The van der Waals surface area contributed by atoms with Gasteiger partial charge in [-0.3, -0.25) is 4.90 Å². The van der Waals surface area contributed by atoms with Crippen LogP contribution in [0.3, 0.4) is 0 Å². The first-order valence-electron chi connectivity index (χ1n) is 3.67. The predicted octanol–water partition coefficient (Wildman–Crippen LogP) is 0.0763. The van der Waals surface area contributed by atoms with Crippen molar-refractivity contribution >= 4 is 0 Å². The first-order valence-corrected chi connectivity index (χ1v) is 3.67. The van der Waals surface area contributed by atoms with Gasteiger partial charge in [-0.15, -0.1) is 6.42 Å². The minimum absolute atomic E-state index is 0.0889. The highest BCUT2D eigenvalue weighted by atomic mass is 16.3. The van der Waals surface area contributed by atoms with Gasteiger partial charge in [0.15, 0.2) is 0 Å². The molecule has 1 N–H and O–H groups in total. The van der Waals surface area contributed by atoms with E-state index in [9.17, 15) is 0 Å². The average molecular weight is 139 g/mol. The van der Waals surface area contributed by atoms with Crippen molar-refractivity contribution < 1.29 is 5.11 Å². The van der Waals surface area contributed by atoms with Crippen molar-refractivity contribution in [3.63, 3.8) is 0 Å². The zero-order chi connectivity index (χ0) is 7.40. The molecular weight excluding hydrogens is 126 g/mol. The van der Waals surface area contributed by atoms with Crippen LogP contribution in [0.25, 0.3) is 0 Å². The van der Waals surface area contributed by atoms with Crippen molar-refractivity contribution in [1.29, 1.82) is 0 Å². The Morgan fingerprint density at radius 1 is 1.50 bits per heavy atom. The van der Waals surface area contributed by atoms with Crippen LogP contribution in [-0.2, 0) is 0 Å². The van der Waals surface area contributed by atoms with Crippen molar-refractivity contribution in [1.82, 2.24) is 4.90 Å². The predicted molar refractivity (Wildman–Crippen MR) is 40.5 cm³/mol. The van der Waals surface area contributed by atoms with Crippen molar-refractivity contribution in [3.05, 3.63) is 0 Å². The van der Waals surface area contributed by atoms with Gasteiger partial charge in [0.1, 0.15) is 0 Å². The molecule has 1 aliphatic heterocycles. The molecule has 0 saturated carbocycles. The number of likely N-dealkylation sites (tertiary alicyclic amines) is 1. The van der Waals surface area contributed by atoms with Crippen LogP contribution < -0.4 is 0 Å². The van der Waals surface area contributed by atoms with Crippen LogP contribution in [-0.4, -0.2) is 35.7 Å². The Labute approximate surface area is 61.8 Å². The summed E-state index contributed by atoms with van der Waals surface area (Å²) >= 11 is 0. The van der Waals surface area contributed by atoms with Crippen molar-refractivity contribution in [2.45, 2.75) is 18.9 Å². The summed E-state index contributed by atoms with van der Waals surface area (Å²) in [6, 6.07) is 0. The van der Waals surface area contributed by atoms with E-state index in [0.717, 1.165) is 32.5 Å². The monoisotopic (exact) mass is 139 g/mol. The summed E-state index contributed by atoms with van der Waals surface area (Å²) in [5, 5.41) is 9.12. The molecule has 0 spiro atoms. The highest BCUT2D eigenvalue weighted by Crippen LogP contribution is 2.08. The van der Waals surface area contributed by atoms with Crippen LogP contribution in [0.2, 0.25) is 0 Å². The summed E-state index contributed by atoms with van der Waals surface area (Å²) in [7, 11) is 0. The van der Waals surface area contributed by atoms with Crippen molar-refractivity contribution in [2.24, 2.45) is 0 Å². The Bertz CT molecular complexity index is 131. The van der Waals surface area contributed by atoms with E-state index < -0.39 is 0 Å². The topological polar surface area (TPSA) is 23.5 Å². The average Bonchev–Trinajstić information content (AvgIpc) is 1.95. The first kappa shape index (κ1) is 7.59. The Hall–Kier alpha value is -0.520. The number of rotatable bonds is 1. The molecule has 0 aromatic heterocycles. The molecule has 2 nitrogen and oxygen atoms in total. The second-order valence-corrected chi connectivity index (χ2v) is 2.71. The molecule has 2 heteroatoms. The highest BCUT2D eigenvalue weighted by molar-refractivity contribution is 4.89. The third kappa shape index (κ3) is 2.02. The summed E-state index contributed by atoms with van der Waals surface area (Å²) in [5.74, 6) is 2.60. The number of hydrogen-bond acceptors (Lipinski definition) is 2. The molecule has 1 saturated heterocycles. The molecule has 1 fully saturated rings. The van der Waals surface area contributed by atoms with E-state index in [0.29, 0.717) is 0 Å². The zero-order valence-corrected chi connectivity index (χ0v) is 6.08. The number of piperidine rings is 1. The maximum absolute atomic E-state index is 9.12. The van der Waals surface area contributed by atoms with Crippen LogP contribution in [0.15, 0.2) is 0 Å². The molecule has 0 amide bonds. The molecule has 56 valence electrons. The van der Waals surface area contributed by atoms with Gasteiger partial charge in [0.25, 0.3) is 0 Å². The fourth-order valence-electron chi connectivity index (χ4n) is 1.21. The molecule has 0 aromatic carbocycles. The lowest BCUT2D eigenvalue weighted by molar-refractivity contribution is 0.0889. The second-order valence-electron chi connectivity index (χ2n) is 2.71. The Balaban J connectivity index is 2.21. The zero-order valence-electron chi connectivity index (χ0n) is 6.08. The van der Waals surface area contributed by atoms with Crippen LogP contribution >= 0.6 is 0 Å². The van der Waals surface area contributed by atoms with Crippen LogP contribution in [0.5, 0.6) is 0 Å². The second kappa shape index (κ2) is 3.60. The molecule has 0 atom stereocenters. The SMILES string of the molecule is C#CCN1CCC(O)CC1. The number of hydrogen-bond donors (Lipinski definition) is 1. The Morgan fingerprint density at radius 2 is 2.10 bits per heavy atom. The smallest absolute Gasteiger partial charge is 0.0598 e. The van der Waals surface area contributed by atoms with Gasteiger partial charge in [-0.25, -0.2) is 0 Å². The summed E-state index contributed by atoms with van der Waals surface area (Å²) < 4.78 is 0. The van der Waals surface area contributed by atoms with E-state index in [2.05, 4.69) is 10.8 Å². The fourth-order valence-corrected chi connectivity index (χ4v) is 1.21. The van der Waals surface area contributed by atoms with Gasteiger partial charge in [0.05, 0.1) is 12.6 Å². The largest absolute Gasteiger partial charge is 0.393 e. The van der Waals surface area contributed by atoms with Crippen molar-refractivity contribution in [3.8, 4) is 12.3 Å². The molecule has 0 aromatic rings. The maximum Gasteiger partial charge on any atom is 0.0598 e. The van der Waals surface area contributed by atoms with Crippen LogP contribution in [0, 0.1) is 12.3 Å². The Kier molecular flexibility index (Phi) is 2.73. The van der Waals surface area contributed by atoms with E-state index in [-0.39, 0.29) is 6.10 Å². The van der Waals surface area contributed by atoms with E-state index in [1.807, 2.05) is 0 Å². The summed E-state index contributed by atoms with van der Waals surface area (Å²) in [6.07, 6.45) is 6.80. The van der Waals surface area contributed by atoms with E-state index in [1.54, 1.807) is 0 Å². The van der Waals surface area contributed by atoms with E-state index in [4.69, 9.17) is 11.5 Å². The molecule has 0 radical (unpaired) electrons. The summed E-state index contributed by atoms with van der Waals surface area (Å²) in [4.78, 5) is 2.19. The van der Waals surface area contributed by atoms with Gasteiger partial charge in [-0.1, -0.05) is 5.92 Å². The van der Waals surface area contributed by atoms with E-state index in [1.165, 1.54) is 0 Å². The summed E-state index contributed by atoms with van der Waals surface area (Å²) in [5.41, 5.74) is 0. The number of terminal acetylenes is 1. The number of aliphatic hydroxyl groups is 1. The lowest BCUT2D eigenvalue weighted by atomic mass is 10.1. The fraction of sp³-hybridized carbons (Fsp3) is 0.750.